The zero-order valence-corrected chi connectivity index (χ0v) is 23.1. The largest absolute Gasteiger partial charge is 0.367 e. The van der Waals surface area contributed by atoms with E-state index in [9.17, 15) is 0 Å². The lowest BCUT2D eigenvalue weighted by atomic mass is 9.85. The van der Waals surface area contributed by atoms with Gasteiger partial charge in [-0.15, -0.1) is 0 Å². The van der Waals surface area contributed by atoms with Gasteiger partial charge in [0.1, 0.15) is 0 Å². The monoisotopic (exact) mass is 495 g/mol. The van der Waals surface area contributed by atoms with Crippen molar-refractivity contribution in [3.8, 4) is 11.1 Å². The van der Waals surface area contributed by atoms with Crippen LogP contribution in [0.2, 0.25) is 0 Å². The molecular formula is C34H45N3. The van der Waals surface area contributed by atoms with Gasteiger partial charge in [-0.1, -0.05) is 88.0 Å². The number of rotatable bonds is 9. The number of hydrogen-bond donors (Lipinski definition) is 2. The fraction of sp³-hybridized carbons (Fsp3) is 0.412. The second-order valence-electron chi connectivity index (χ2n) is 10.3. The Balaban J connectivity index is 0.00000156. The van der Waals surface area contributed by atoms with Crippen molar-refractivity contribution in [3.63, 3.8) is 0 Å². The van der Waals surface area contributed by atoms with Crippen molar-refractivity contribution in [1.82, 2.24) is 10.2 Å². The average Bonchev–Trinajstić information content (AvgIpc) is 3.47. The molecule has 37 heavy (non-hydrogen) atoms. The van der Waals surface area contributed by atoms with Crippen molar-refractivity contribution >= 4 is 5.69 Å². The fourth-order valence-electron chi connectivity index (χ4n) is 5.65. The summed E-state index contributed by atoms with van der Waals surface area (Å²) in [6.45, 7) is 14.2. The smallest absolute Gasteiger partial charge is 0.0959 e. The molecule has 0 radical (unpaired) electrons. The second-order valence-corrected chi connectivity index (χ2v) is 10.3. The van der Waals surface area contributed by atoms with Gasteiger partial charge in [-0.05, 0) is 91.6 Å². The number of aryl methyl sites for hydroxylation is 2. The van der Waals surface area contributed by atoms with Crippen LogP contribution >= 0.6 is 0 Å². The molecule has 0 bridgehead atoms. The van der Waals surface area contributed by atoms with Crippen LogP contribution in [0.15, 0.2) is 85.2 Å². The molecular weight excluding hydrogens is 450 g/mol. The third-order valence-electron chi connectivity index (χ3n) is 7.80. The number of benzene rings is 3. The minimum absolute atomic E-state index is 0.304. The number of anilines is 1. The molecule has 2 N–H and O–H groups in total. The SMILES string of the molecule is C=C(Nc1ccc(-c2ccccc2)cc1)NC(CN1CCCC1)C(C)c1ccc2c(c1)CCCC2.CC. The maximum absolute atomic E-state index is 4.35. The van der Waals surface area contributed by atoms with Gasteiger partial charge in [0.05, 0.1) is 5.82 Å². The number of nitrogens with zero attached hydrogens (tertiary/aromatic N) is 1. The first kappa shape index (κ1) is 27.0. The molecule has 1 saturated heterocycles. The minimum atomic E-state index is 0.304. The van der Waals surface area contributed by atoms with Gasteiger partial charge >= 0.3 is 0 Å². The summed E-state index contributed by atoms with van der Waals surface area (Å²) in [5.74, 6) is 1.27. The van der Waals surface area contributed by atoms with Crippen molar-refractivity contribution < 1.29 is 0 Å². The summed E-state index contributed by atoms with van der Waals surface area (Å²) in [5, 5.41) is 7.28. The van der Waals surface area contributed by atoms with Crippen LogP contribution in [0.1, 0.15) is 69.1 Å². The Labute approximate surface area is 225 Å². The molecule has 5 rings (SSSR count). The Morgan fingerprint density at radius 1 is 0.811 bits per heavy atom. The van der Waals surface area contributed by atoms with Gasteiger partial charge in [0.25, 0.3) is 0 Å². The Morgan fingerprint density at radius 3 is 2.16 bits per heavy atom. The minimum Gasteiger partial charge on any atom is -0.367 e. The maximum Gasteiger partial charge on any atom is 0.0959 e. The topological polar surface area (TPSA) is 27.3 Å². The molecule has 3 aromatic rings. The summed E-state index contributed by atoms with van der Waals surface area (Å²) in [7, 11) is 0. The van der Waals surface area contributed by atoms with Crippen LogP contribution in [-0.2, 0) is 12.8 Å². The van der Waals surface area contributed by atoms with Crippen molar-refractivity contribution in [2.24, 2.45) is 0 Å². The molecule has 3 heteroatoms. The molecule has 3 nitrogen and oxygen atoms in total. The highest BCUT2D eigenvalue weighted by atomic mass is 15.2. The predicted molar refractivity (Wildman–Crippen MR) is 160 cm³/mol. The number of nitrogens with one attached hydrogen (secondary N) is 2. The Bertz CT molecular complexity index is 1110. The summed E-state index contributed by atoms with van der Waals surface area (Å²) >= 11 is 0. The first-order valence-electron chi connectivity index (χ1n) is 14.4. The van der Waals surface area contributed by atoms with Crippen LogP contribution < -0.4 is 10.6 Å². The molecule has 1 fully saturated rings. The van der Waals surface area contributed by atoms with Crippen LogP contribution in [0.4, 0.5) is 5.69 Å². The molecule has 0 saturated carbocycles. The van der Waals surface area contributed by atoms with Gasteiger partial charge in [-0.25, -0.2) is 0 Å². The molecule has 2 aliphatic rings. The normalized spacial score (nSPS) is 16.6. The van der Waals surface area contributed by atoms with Crippen LogP contribution in [0.25, 0.3) is 11.1 Å². The van der Waals surface area contributed by atoms with E-state index in [2.05, 4.69) is 102 Å². The Kier molecular flexibility index (Phi) is 9.85. The van der Waals surface area contributed by atoms with E-state index in [1.165, 1.54) is 68.3 Å². The Hall–Kier alpha value is -3.04. The third kappa shape index (κ3) is 7.26. The highest BCUT2D eigenvalue weighted by Crippen LogP contribution is 2.28. The molecule has 1 aliphatic heterocycles. The summed E-state index contributed by atoms with van der Waals surface area (Å²) < 4.78 is 0. The summed E-state index contributed by atoms with van der Waals surface area (Å²) in [6.07, 6.45) is 7.75. The number of hydrogen-bond acceptors (Lipinski definition) is 3. The number of likely N-dealkylation sites (tertiary alicyclic amines) is 1. The average molecular weight is 496 g/mol. The quantitative estimate of drug-likeness (QED) is 0.315. The molecule has 2 unspecified atom stereocenters. The van der Waals surface area contributed by atoms with Crippen molar-refractivity contribution in [2.45, 2.75) is 71.3 Å². The zero-order valence-electron chi connectivity index (χ0n) is 23.1. The summed E-state index contributed by atoms with van der Waals surface area (Å²) in [6, 6.07) is 26.7. The van der Waals surface area contributed by atoms with Crippen LogP contribution in [0, 0.1) is 0 Å². The first-order valence-corrected chi connectivity index (χ1v) is 14.4. The van der Waals surface area contributed by atoms with Crippen LogP contribution in [0.3, 0.4) is 0 Å². The lowest BCUT2D eigenvalue weighted by Crippen LogP contribution is -2.44. The molecule has 3 aromatic carbocycles. The summed E-state index contributed by atoms with van der Waals surface area (Å²) in [5.41, 5.74) is 8.09. The van der Waals surface area contributed by atoms with Crippen LogP contribution in [0.5, 0.6) is 0 Å². The van der Waals surface area contributed by atoms with E-state index in [-0.39, 0.29) is 0 Å². The lowest BCUT2D eigenvalue weighted by molar-refractivity contribution is 0.282. The molecule has 1 heterocycles. The van der Waals surface area contributed by atoms with Crippen LogP contribution in [-0.4, -0.2) is 30.6 Å². The van der Waals surface area contributed by atoms with E-state index in [1.807, 2.05) is 13.8 Å². The zero-order chi connectivity index (χ0) is 26.0. The highest BCUT2D eigenvalue weighted by molar-refractivity contribution is 5.66. The lowest BCUT2D eigenvalue weighted by Gasteiger charge is -2.32. The van der Waals surface area contributed by atoms with E-state index >= 15 is 0 Å². The Morgan fingerprint density at radius 2 is 1.46 bits per heavy atom. The third-order valence-corrected chi connectivity index (χ3v) is 7.80. The van der Waals surface area contributed by atoms with E-state index in [0.717, 1.165) is 18.1 Å². The van der Waals surface area contributed by atoms with Gasteiger partial charge in [0, 0.05) is 24.2 Å². The molecule has 0 amide bonds. The molecule has 0 aromatic heterocycles. The van der Waals surface area contributed by atoms with Gasteiger partial charge in [-0.3, -0.25) is 0 Å². The molecule has 0 spiro atoms. The van der Waals surface area contributed by atoms with E-state index in [4.69, 9.17) is 0 Å². The second kappa shape index (κ2) is 13.5. The van der Waals surface area contributed by atoms with Gasteiger partial charge in [-0.2, -0.15) is 0 Å². The highest BCUT2D eigenvalue weighted by Gasteiger charge is 2.25. The molecule has 2 atom stereocenters. The van der Waals surface area contributed by atoms with E-state index < -0.39 is 0 Å². The molecule has 196 valence electrons. The van der Waals surface area contributed by atoms with Crippen molar-refractivity contribution in [3.05, 3.63) is 102 Å². The van der Waals surface area contributed by atoms with Gasteiger partial charge < -0.3 is 15.5 Å². The maximum atomic E-state index is 4.35. The van der Waals surface area contributed by atoms with Crippen molar-refractivity contribution in [2.75, 3.05) is 25.0 Å². The predicted octanol–water partition coefficient (Wildman–Crippen LogP) is 8.00. The van der Waals surface area contributed by atoms with Gasteiger partial charge in [0.15, 0.2) is 0 Å². The van der Waals surface area contributed by atoms with Gasteiger partial charge in [0.2, 0.25) is 0 Å². The standard InChI is InChI=1S/C32H39N3.C2H6/c1-24(29-15-14-27-12-6-7-13-30(27)22-29)32(23-35-20-8-9-21-35)34-25(2)33-31-18-16-28(17-19-31)26-10-4-3-5-11-26;1-2/h3-5,10-11,14-19,22,24,32-34H,2,6-9,12-13,20-21,23H2,1H3;1-2H3. The first-order chi connectivity index (χ1) is 18.2. The number of fused-ring (bicyclic) bond motifs is 1. The van der Waals surface area contributed by atoms with Crippen molar-refractivity contribution in [1.29, 1.82) is 0 Å². The van der Waals surface area contributed by atoms with E-state index in [0.29, 0.717) is 12.0 Å². The molecule has 1 aliphatic carbocycles. The summed E-state index contributed by atoms with van der Waals surface area (Å²) in [4.78, 5) is 2.61. The fourth-order valence-corrected chi connectivity index (χ4v) is 5.65. The van der Waals surface area contributed by atoms with E-state index in [1.54, 1.807) is 11.1 Å².